The zero-order chi connectivity index (χ0) is 15.5. The smallest absolute Gasteiger partial charge is 0.224 e. The number of aromatic nitrogens is 2. The fourth-order valence-electron chi connectivity index (χ4n) is 2.45. The Kier molecular flexibility index (Phi) is 4.24. The van der Waals surface area contributed by atoms with Crippen molar-refractivity contribution >= 4 is 33.2 Å². The third kappa shape index (κ3) is 3.20. The van der Waals surface area contributed by atoms with Gasteiger partial charge < -0.3 is 9.72 Å². The molecule has 4 nitrogen and oxygen atoms in total. The standard InChI is InChI=1S/C17H16BrN3O/c1-12-15(21-11-3-2-4-16(21)19-12)9-10-17(22)20-14-7-5-13(18)6-8-14/h2-8,11H,9-10H2,1H3,(H,20,22). The van der Waals surface area contributed by atoms with Crippen molar-refractivity contribution in [1.29, 1.82) is 0 Å². The van der Waals surface area contributed by atoms with Crippen LogP contribution in [0.5, 0.6) is 0 Å². The number of anilines is 1. The van der Waals surface area contributed by atoms with Crippen LogP contribution in [-0.4, -0.2) is 15.3 Å². The van der Waals surface area contributed by atoms with Gasteiger partial charge in [0, 0.05) is 28.5 Å². The molecule has 3 rings (SSSR count). The van der Waals surface area contributed by atoms with E-state index in [0.717, 1.165) is 27.2 Å². The van der Waals surface area contributed by atoms with Crippen LogP contribution in [-0.2, 0) is 11.2 Å². The maximum Gasteiger partial charge on any atom is 0.224 e. The molecule has 0 bridgehead atoms. The van der Waals surface area contributed by atoms with Gasteiger partial charge >= 0.3 is 0 Å². The van der Waals surface area contributed by atoms with E-state index >= 15 is 0 Å². The molecule has 3 aromatic rings. The quantitative estimate of drug-likeness (QED) is 0.767. The number of halogens is 1. The summed E-state index contributed by atoms with van der Waals surface area (Å²) in [6.45, 7) is 1.98. The number of aryl methyl sites for hydroxylation is 2. The van der Waals surface area contributed by atoms with Crippen LogP contribution in [0.15, 0.2) is 53.1 Å². The molecule has 0 fully saturated rings. The van der Waals surface area contributed by atoms with Gasteiger partial charge in [-0.05, 0) is 49.7 Å². The number of rotatable bonds is 4. The molecule has 1 N–H and O–H groups in total. The minimum atomic E-state index is 0.00704. The van der Waals surface area contributed by atoms with E-state index in [1.165, 1.54) is 0 Å². The fraction of sp³-hybridized carbons (Fsp3) is 0.176. The number of nitrogens with one attached hydrogen (secondary N) is 1. The van der Waals surface area contributed by atoms with Crippen LogP contribution < -0.4 is 5.32 Å². The molecule has 2 aromatic heterocycles. The SMILES string of the molecule is Cc1nc2ccccn2c1CCC(=O)Nc1ccc(Br)cc1. The van der Waals surface area contributed by atoms with E-state index in [0.29, 0.717) is 12.8 Å². The van der Waals surface area contributed by atoms with Gasteiger partial charge in [0.2, 0.25) is 5.91 Å². The maximum absolute atomic E-state index is 12.1. The average Bonchev–Trinajstić information content (AvgIpc) is 2.83. The summed E-state index contributed by atoms with van der Waals surface area (Å²) in [6.07, 6.45) is 3.08. The molecule has 1 aromatic carbocycles. The molecule has 1 amide bonds. The van der Waals surface area contributed by atoms with Gasteiger partial charge in [0.1, 0.15) is 5.65 Å². The highest BCUT2D eigenvalue weighted by Gasteiger charge is 2.10. The molecule has 0 radical (unpaired) electrons. The van der Waals surface area contributed by atoms with Crippen LogP contribution in [0, 0.1) is 6.92 Å². The minimum Gasteiger partial charge on any atom is -0.326 e. The van der Waals surface area contributed by atoms with Gasteiger partial charge in [0.25, 0.3) is 0 Å². The Morgan fingerprint density at radius 2 is 2.00 bits per heavy atom. The highest BCUT2D eigenvalue weighted by molar-refractivity contribution is 9.10. The number of imidazole rings is 1. The molecular weight excluding hydrogens is 342 g/mol. The van der Waals surface area contributed by atoms with E-state index in [-0.39, 0.29) is 5.91 Å². The number of benzene rings is 1. The van der Waals surface area contributed by atoms with Crippen molar-refractivity contribution in [2.75, 3.05) is 5.32 Å². The van der Waals surface area contributed by atoms with E-state index < -0.39 is 0 Å². The highest BCUT2D eigenvalue weighted by atomic mass is 79.9. The van der Waals surface area contributed by atoms with Crippen molar-refractivity contribution in [2.24, 2.45) is 0 Å². The third-order valence-electron chi connectivity index (χ3n) is 3.55. The second kappa shape index (κ2) is 6.32. The number of nitrogens with zero attached hydrogens (tertiary/aromatic N) is 2. The predicted molar refractivity (Wildman–Crippen MR) is 91.0 cm³/mol. The van der Waals surface area contributed by atoms with Gasteiger partial charge in [-0.25, -0.2) is 4.98 Å². The highest BCUT2D eigenvalue weighted by Crippen LogP contribution is 2.16. The molecule has 22 heavy (non-hydrogen) atoms. The van der Waals surface area contributed by atoms with Crippen molar-refractivity contribution in [1.82, 2.24) is 9.38 Å². The number of fused-ring (bicyclic) bond motifs is 1. The number of hydrogen-bond donors (Lipinski definition) is 1. The lowest BCUT2D eigenvalue weighted by atomic mass is 10.2. The van der Waals surface area contributed by atoms with E-state index in [1.54, 1.807) is 0 Å². The van der Waals surface area contributed by atoms with Gasteiger partial charge in [-0.15, -0.1) is 0 Å². The van der Waals surface area contributed by atoms with Gasteiger partial charge in [-0.1, -0.05) is 22.0 Å². The molecular formula is C17H16BrN3O. The van der Waals surface area contributed by atoms with Crippen LogP contribution in [0.25, 0.3) is 5.65 Å². The summed E-state index contributed by atoms with van der Waals surface area (Å²) >= 11 is 3.38. The summed E-state index contributed by atoms with van der Waals surface area (Å²) in [6, 6.07) is 13.5. The molecule has 112 valence electrons. The summed E-state index contributed by atoms with van der Waals surface area (Å²) in [7, 11) is 0. The normalized spacial score (nSPS) is 10.8. The Balaban J connectivity index is 1.67. The molecule has 0 aliphatic heterocycles. The molecule has 0 aliphatic rings. The Hall–Kier alpha value is -2.14. The lowest BCUT2D eigenvalue weighted by molar-refractivity contribution is -0.116. The lowest BCUT2D eigenvalue weighted by Gasteiger charge is -2.06. The summed E-state index contributed by atoms with van der Waals surface area (Å²) in [5.41, 5.74) is 3.79. The summed E-state index contributed by atoms with van der Waals surface area (Å²) in [5, 5.41) is 2.91. The minimum absolute atomic E-state index is 0.00704. The van der Waals surface area contributed by atoms with E-state index in [4.69, 9.17) is 0 Å². The van der Waals surface area contributed by atoms with E-state index in [1.807, 2.05) is 60.0 Å². The predicted octanol–water partition coefficient (Wildman–Crippen LogP) is 3.98. The van der Waals surface area contributed by atoms with Crippen LogP contribution >= 0.6 is 15.9 Å². The molecule has 2 heterocycles. The first kappa shape index (κ1) is 14.8. The van der Waals surface area contributed by atoms with Gasteiger partial charge in [0.15, 0.2) is 0 Å². The largest absolute Gasteiger partial charge is 0.326 e. The van der Waals surface area contributed by atoms with Crippen molar-refractivity contribution in [3.8, 4) is 0 Å². The van der Waals surface area contributed by atoms with Gasteiger partial charge in [-0.3, -0.25) is 4.79 Å². The summed E-state index contributed by atoms with van der Waals surface area (Å²) in [4.78, 5) is 16.6. The average molecular weight is 358 g/mol. The van der Waals surface area contributed by atoms with E-state index in [9.17, 15) is 4.79 Å². The molecule has 0 saturated carbocycles. The Morgan fingerprint density at radius 3 is 2.77 bits per heavy atom. The Morgan fingerprint density at radius 1 is 1.23 bits per heavy atom. The molecule has 0 saturated heterocycles. The fourth-order valence-corrected chi connectivity index (χ4v) is 2.72. The van der Waals surface area contributed by atoms with Gasteiger partial charge in [0.05, 0.1) is 5.69 Å². The second-order valence-electron chi connectivity index (χ2n) is 5.13. The third-order valence-corrected chi connectivity index (χ3v) is 4.07. The van der Waals surface area contributed by atoms with Crippen LogP contribution in [0.1, 0.15) is 17.8 Å². The number of hydrogen-bond acceptors (Lipinski definition) is 2. The van der Waals surface area contributed by atoms with Crippen molar-refractivity contribution in [3.05, 3.63) is 64.5 Å². The number of amides is 1. The Bertz CT molecular complexity index is 808. The first-order valence-electron chi connectivity index (χ1n) is 7.11. The van der Waals surface area contributed by atoms with Crippen LogP contribution in [0.2, 0.25) is 0 Å². The van der Waals surface area contributed by atoms with Crippen molar-refractivity contribution in [3.63, 3.8) is 0 Å². The summed E-state index contributed by atoms with van der Waals surface area (Å²) < 4.78 is 3.04. The second-order valence-corrected chi connectivity index (χ2v) is 6.04. The topological polar surface area (TPSA) is 46.4 Å². The molecule has 0 unspecified atom stereocenters. The first-order valence-corrected chi connectivity index (χ1v) is 7.91. The monoisotopic (exact) mass is 357 g/mol. The Labute approximate surface area is 137 Å². The number of pyridine rings is 1. The van der Waals surface area contributed by atoms with Crippen molar-refractivity contribution < 1.29 is 4.79 Å². The van der Waals surface area contributed by atoms with Crippen LogP contribution in [0.3, 0.4) is 0 Å². The lowest BCUT2D eigenvalue weighted by Crippen LogP contribution is -2.13. The van der Waals surface area contributed by atoms with Crippen molar-refractivity contribution in [2.45, 2.75) is 19.8 Å². The molecule has 5 heteroatoms. The number of carbonyl (C=O) groups is 1. The van der Waals surface area contributed by atoms with Crippen LogP contribution in [0.4, 0.5) is 5.69 Å². The number of carbonyl (C=O) groups excluding carboxylic acids is 1. The first-order chi connectivity index (χ1) is 10.6. The molecule has 0 aliphatic carbocycles. The van der Waals surface area contributed by atoms with Gasteiger partial charge in [-0.2, -0.15) is 0 Å². The molecule has 0 atom stereocenters. The zero-order valence-corrected chi connectivity index (χ0v) is 13.8. The zero-order valence-electron chi connectivity index (χ0n) is 12.2. The van der Waals surface area contributed by atoms with E-state index in [2.05, 4.69) is 26.2 Å². The maximum atomic E-state index is 12.1. The molecule has 0 spiro atoms. The summed E-state index contributed by atoms with van der Waals surface area (Å²) in [5.74, 6) is 0.00704.